The van der Waals surface area contributed by atoms with Gasteiger partial charge in [-0.2, -0.15) is 5.10 Å². The monoisotopic (exact) mass is 340 g/mol. The maximum Gasteiger partial charge on any atom is 0.270 e. The normalized spacial score (nSPS) is 12.3. The van der Waals surface area contributed by atoms with E-state index in [0.29, 0.717) is 28.1 Å². The number of amides is 1. The van der Waals surface area contributed by atoms with E-state index in [0.717, 1.165) is 0 Å². The molecule has 4 rings (SSSR count). The molecule has 0 bridgehead atoms. The fourth-order valence-electron chi connectivity index (χ4n) is 2.62. The Hall–Kier alpha value is -3.62. The fraction of sp³-hybridized carbons (Fsp3) is 0.125. The largest absolute Gasteiger partial charge is 0.454 e. The number of carbonyl (C=O) groups is 1. The smallest absolute Gasteiger partial charge is 0.270 e. The van der Waals surface area contributed by atoms with Crippen LogP contribution in [0.2, 0.25) is 0 Å². The minimum atomic E-state index is -0.469. The zero-order chi connectivity index (χ0) is 17.4. The van der Waals surface area contributed by atoms with E-state index in [1.165, 1.54) is 23.0 Å². The number of hydrogen-bond donors (Lipinski definition) is 1. The number of benzene rings is 2. The third kappa shape index (κ3) is 2.82. The van der Waals surface area contributed by atoms with Crippen LogP contribution in [0.3, 0.4) is 0 Å². The van der Waals surface area contributed by atoms with Crippen molar-refractivity contribution in [3.63, 3.8) is 0 Å². The van der Waals surface area contributed by atoms with Gasteiger partial charge in [-0.1, -0.05) is 0 Å². The average molecular weight is 340 g/mol. The molecule has 0 saturated heterocycles. The first-order chi connectivity index (χ1) is 12.1. The van der Waals surface area contributed by atoms with E-state index < -0.39 is 4.92 Å². The van der Waals surface area contributed by atoms with Crippen LogP contribution in [-0.2, 0) is 11.3 Å². The maximum atomic E-state index is 12.2. The van der Waals surface area contributed by atoms with Gasteiger partial charge in [0.25, 0.3) is 5.69 Å². The summed E-state index contributed by atoms with van der Waals surface area (Å²) >= 11 is 0. The highest BCUT2D eigenvalue weighted by molar-refractivity contribution is 5.92. The molecule has 9 nitrogen and oxygen atoms in total. The van der Waals surface area contributed by atoms with Crippen molar-refractivity contribution in [1.29, 1.82) is 0 Å². The lowest BCUT2D eigenvalue weighted by Crippen LogP contribution is -2.19. The van der Waals surface area contributed by atoms with E-state index in [-0.39, 0.29) is 24.9 Å². The third-order valence-corrected chi connectivity index (χ3v) is 3.79. The molecule has 0 spiro atoms. The molecule has 0 unspecified atom stereocenters. The zero-order valence-corrected chi connectivity index (χ0v) is 12.8. The van der Waals surface area contributed by atoms with Crippen molar-refractivity contribution in [1.82, 2.24) is 9.78 Å². The van der Waals surface area contributed by atoms with Gasteiger partial charge < -0.3 is 14.8 Å². The number of nitrogens with one attached hydrogen (secondary N) is 1. The van der Waals surface area contributed by atoms with Gasteiger partial charge in [0, 0.05) is 29.3 Å². The van der Waals surface area contributed by atoms with Crippen LogP contribution in [0.15, 0.2) is 42.6 Å². The number of ether oxygens (including phenoxy) is 2. The van der Waals surface area contributed by atoms with Crippen LogP contribution >= 0.6 is 0 Å². The lowest BCUT2D eigenvalue weighted by atomic mass is 10.2. The van der Waals surface area contributed by atoms with Gasteiger partial charge in [0.2, 0.25) is 12.7 Å². The Bertz CT molecular complexity index is 997. The highest BCUT2D eigenvalue weighted by Crippen LogP contribution is 2.34. The van der Waals surface area contributed by atoms with Gasteiger partial charge in [0.05, 0.1) is 16.6 Å². The zero-order valence-electron chi connectivity index (χ0n) is 12.8. The molecule has 1 N–H and O–H groups in total. The molecular weight excluding hydrogens is 328 g/mol. The Kier molecular flexibility index (Phi) is 3.46. The number of anilines is 1. The Balaban J connectivity index is 1.51. The Morgan fingerprint density at radius 3 is 2.92 bits per heavy atom. The molecule has 2 heterocycles. The van der Waals surface area contributed by atoms with Crippen LogP contribution in [0.1, 0.15) is 0 Å². The lowest BCUT2D eigenvalue weighted by Gasteiger charge is -2.07. The van der Waals surface area contributed by atoms with Crippen molar-refractivity contribution < 1.29 is 19.2 Å². The Labute approximate surface area is 140 Å². The van der Waals surface area contributed by atoms with E-state index in [9.17, 15) is 14.9 Å². The molecule has 3 aromatic rings. The van der Waals surface area contributed by atoms with E-state index >= 15 is 0 Å². The molecule has 0 atom stereocenters. The molecule has 9 heteroatoms. The first kappa shape index (κ1) is 14.9. The van der Waals surface area contributed by atoms with Crippen LogP contribution in [0.25, 0.3) is 10.9 Å². The van der Waals surface area contributed by atoms with Crippen LogP contribution in [0.5, 0.6) is 11.5 Å². The first-order valence-corrected chi connectivity index (χ1v) is 7.39. The summed E-state index contributed by atoms with van der Waals surface area (Å²) in [6, 6.07) is 9.51. The average Bonchev–Trinajstić information content (AvgIpc) is 3.21. The van der Waals surface area contributed by atoms with Crippen molar-refractivity contribution in [3.8, 4) is 11.5 Å². The van der Waals surface area contributed by atoms with E-state index in [2.05, 4.69) is 10.4 Å². The number of fused-ring (bicyclic) bond motifs is 2. The topological polar surface area (TPSA) is 109 Å². The van der Waals surface area contributed by atoms with Crippen LogP contribution in [-0.4, -0.2) is 27.4 Å². The van der Waals surface area contributed by atoms with Gasteiger partial charge in [-0.25, -0.2) is 0 Å². The summed E-state index contributed by atoms with van der Waals surface area (Å²) < 4.78 is 12.0. The number of carbonyl (C=O) groups excluding carboxylic acids is 1. The summed E-state index contributed by atoms with van der Waals surface area (Å²) in [7, 11) is 0. The summed E-state index contributed by atoms with van der Waals surface area (Å²) in [5, 5.41) is 18.3. The molecule has 2 aromatic carbocycles. The number of aromatic nitrogens is 2. The van der Waals surface area contributed by atoms with Crippen LogP contribution < -0.4 is 14.8 Å². The predicted octanol–water partition coefficient (Wildman–Crippen LogP) is 2.31. The fourth-order valence-corrected chi connectivity index (χ4v) is 2.62. The van der Waals surface area contributed by atoms with Gasteiger partial charge in [-0.15, -0.1) is 0 Å². The van der Waals surface area contributed by atoms with Crippen molar-refractivity contribution >= 4 is 28.2 Å². The van der Waals surface area contributed by atoms with Gasteiger partial charge in [-0.05, 0) is 18.2 Å². The second-order valence-electron chi connectivity index (χ2n) is 5.42. The second kappa shape index (κ2) is 5.78. The molecule has 1 aliphatic heterocycles. The quantitative estimate of drug-likeness (QED) is 0.577. The molecule has 1 aliphatic rings. The summed E-state index contributed by atoms with van der Waals surface area (Å²) in [5.74, 6) is 0.939. The lowest BCUT2D eigenvalue weighted by molar-refractivity contribution is -0.384. The molecule has 1 aromatic heterocycles. The molecule has 1 amide bonds. The number of nitrogens with zero attached hydrogens (tertiary/aromatic N) is 3. The number of nitro benzene ring substituents is 1. The second-order valence-corrected chi connectivity index (χ2v) is 5.42. The van der Waals surface area contributed by atoms with Crippen molar-refractivity contribution in [3.05, 3.63) is 52.7 Å². The van der Waals surface area contributed by atoms with Gasteiger partial charge in [0.15, 0.2) is 11.5 Å². The van der Waals surface area contributed by atoms with Crippen molar-refractivity contribution in [2.75, 3.05) is 12.1 Å². The van der Waals surface area contributed by atoms with Crippen LogP contribution in [0, 0.1) is 10.1 Å². The minimum Gasteiger partial charge on any atom is -0.454 e. The number of nitro groups is 1. The summed E-state index contributed by atoms with van der Waals surface area (Å²) in [5.41, 5.74) is 1.21. The Morgan fingerprint density at radius 2 is 2.08 bits per heavy atom. The third-order valence-electron chi connectivity index (χ3n) is 3.79. The maximum absolute atomic E-state index is 12.2. The summed E-state index contributed by atoms with van der Waals surface area (Å²) in [4.78, 5) is 22.6. The molecular formula is C16H12N4O5. The Morgan fingerprint density at radius 1 is 1.24 bits per heavy atom. The molecule has 0 fully saturated rings. The molecule has 0 saturated carbocycles. The molecule has 25 heavy (non-hydrogen) atoms. The minimum absolute atomic E-state index is 0.0168. The highest BCUT2D eigenvalue weighted by atomic mass is 16.7. The highest BCUT2D eigenvalue weighted by Gasteiger charge is 2.15. The van der Waals surface area contributed by atoms with E-state index in [1.54, 1.807) is 24.3 Å². The number of non-ortho nitro benzene ring substituents is 1. The molecule has 0 radical (unpaired) electrons. The van der Waals surface area contributed by atoms with Gasteiger partial charge >= 0.3 is 0 Å². The van der Waals surface area contributed by atoms with E-state index in [4.69, 9.17) is 9.47 Å². The standard InChI is InChI=1S/C16H12N4O5/c21-16(18-11-1-4-14-15(6-11)25-9-24-14)8-19-13-3-2-12(20(22)23)5-10(13)7-17-19/h1-7H,8-9H2,(H,18,21). The van der Waals surface area contributed by atoms with Crippen LogP contribution in [0.4, 0.5) is 11.4 Å². The van der Waals surface area contributed by atoms with E-state index in [1.807, 2.05) is 0 Å². The van der Waals surface area contributed by atoms with Gasteiger partial charge in [-0.3, -0.25) is 19.6 Å². The SMILES string of the molecule is O=C(Cn1ncc2cc([N+](=O)[O-])ccc21)Nc1ccc2c(c1)OCO2. The van der Waals surface area contributed by atoms with Crippen molar-refractivity contribution in [2.24, 2.45) is 0 Å². The number of rotatable bonds is 4. The molecule has 126 valence electrons. The van der Waals surface area contributed by atoms with Gasteiger partial charge in [0.1, 0.15) is 6.54 Å². The van der Waals surface area contributed by atoms with Crippen molar-refractivity contribution in [2.45, 2.75) is 6.54 Å². The summed E-state index contributed by atoms with van der Waals surface area (Å²) in [6.45, 7) is 0.147. The number of hydrogen-bond acceptors (Lipinski definition) is 6. The predicted molar refractivity (Wildman–Crippen MR) is 87.6 cm³/mol. The first-order valence-electron chi connectivity index (χ1n) is 7.39. The summed E-state index contributed by atoms with van der Waals surface area (Å²) in [6.07, 6.45) is 1.50. The molecule has 0 aliphatic carbocycles.